The van der Waals surface area contributed by atoms with Crippen LogP contribution in [0.5, 0.6) is 5.75 Å². The van der Waals surface area contributed by atoms with Crippen molar-refractivity contribution in [3.05, 3.63) is 28.8 Å². The second kappa shape index (κ2) is 3.04. The second-order valence-corrected chi connectivity index (χ2v) is 3.78. The highest BCUT2D eigenvalue weighted by Gasteiger charge is 2.19. The third-order valence-corrected chi connectivity index (χ3v) is 2.95. The molecule has 2 nitrogen and oxygen atoms in total. The molecule has 2 rings (SSSR count). The Hall–Kier alpha value is -1.02. The molecular formula is C11H15NO. The summed E-state index contributed by atoms with van der Waals surface area (Å²) in [5.74, 6) is 0.396. The average Bonchev–Trinajstić information content (AvgIpc) is 2.12. The van der Waals surface area contributed by atoms with Crippen molar-refractivity contribution in [2.45, 2.75) is 32.2 Å². The Morgan fingerprint density at radius 1 is 1.46 bits per heavy atom. The highest BCUT2D eigenvalue weighted by Crippen LogP contribution is 2.33. The van der Waals surface area contributed by atoms with Crippen molar-refractivity contribution in [2.75, 3.05) is 0 Å². The smallest absolute Gasteiger partial charge is 0.118 e. The fraction of sp³-hybridized carbons (Fsp3) is 0.455. The number of fused-ring (bicyclic) bond motifs is 1. The first-order valence-electron chi connectivity index (χ1n) is 4.77. The van der Waals surface area contributed by atoms with Crippen LogP contribution in [0.1, 0.15) is 35.6 Å². The first-order chi connectivity index (χ1) is 6.20. The first-order valence-corrected chi connectivity index (χ1v) is 4.77. The molecule has 0 heterocycles. The minimum atomic E-state index is 0.169. The molecule has 1 atom stereocenters. The normalized spacial score (nSPS) is 21.2. The SMILES string of the molecule is Cc1c(O)ccc2c1CCCC2N. The maximum atomic E-state index is 9.52. The summed E-state index contributed by atoms with van der Waals surface area (Å²) >= 11 is 0. The van der Waals surface area contributed by atoms with Crippen LogP contribution in [0.15, 0.2) is 12.1 Å². The lowest BCUT2D eigenvalue weighted by Gasteiger charge is -2.24. The van der Waals surface area contributed by atoms with Crippen molar-refractivity contribution in [1.82, 2.24) is 0 Å². The first kappa shape index (κ1) is 8.57. The van der Waals surface area contributed by atoms with Crippen molar-refractivity contribution in [2.24, 2.45) is 5.73 Å². The van der Waals surface area contributed by atoms with E-state index < -0.39 is 0 Å². The molecule has 0 spiro atoms. The van der Waals surface area contributed by atoms with E-state index in [1.165, 1.54) is 11.1 Å². The summed E-state index contributed by atoms with van der Waals surface area (Å²) in [5.41, 5.74) is 9.48. The Kier molecular flexibility index (Phi) is 2.00. The van der Waals surface area contributed by atoms with Crippen LogP contribution in [-0.4, -0.2) is 5.11 Å². The molecule has 1 aromatic carbocycles. The van der Waals surface area contributed by atoms with Gasteiger partial charge in [-0.15, -0.1) is 0 Å². The summed E-state index contributed by atoms with van der Waals surface area (Å²) in [7, 11) is 0. The van der Waals surface area contributed by atoms with Gasteiger partial charge in [0.15, 0.2) is 0 Å². The van der Waals surface area contributed by atoms with Crippen molar-refractivity contribution in [3.8, 4) is 5.75 Å². The number of nitrogens with two attached hydrogens (primary N) is 1. The molecule has 3 N–H and O–H groups in total. The number of rotatable bonds is 0. The molecule has 0 radical (unpaired) electrons. The minimum Gasteiger partial charge on any atom is -0.508 e. The van der Waals surface area contributed by atoms with Crippen LogP contribution < -0.4 is 5.73 Å². The number of hydrogen-bond acceptors (Lipinski definition) is 2. The molecule has 1 aliphatic rings. The second-order valence-electron chi connectivity index (χ2n) is 3.78. The van der Waals surface area contributed by atoms with Gasteiger partial charge in [-0.05, 0) is 48.9 Å². The van der Waals surface area contributed by atoms with Gasteiger partial charge >= 0.3 is 0 Å². The van der Waals surface area contributed by atoms with Crippen molar-refractivity contribution < 1.29 is 5.11 Å². The molecular weight excluding hydrogens is 162 g/mol. The predicted molar refractivity (Wildman–Crippen MR) is 52.7 cm³/mol. The summed E-state index contributed by atoms with van der Waals surface area (Å²) in [6.07, 6.45) is 3.26. The molecule has 13 heavy (non-hydrogen) atoms. The van der Waals surface area contributed by atoms with E-state index in [1.807, 2.05) is 13.0 Å². The molecule has 1 aromatic rings. The van der Waals surface area contributed by atoms with Crippen molar-refractivity contribution >= 4 is 0 Å². The Bertz CT molecular complexity index is 333. The van der Waals surface area contributed by atoms with E-state index in [9.17, 15) is 5.11 Å². The highest BCUT2D eigenvalue weighted by molar-refractivity contribution is 5.45. The monoisotopic (exact) mass is 177 g/mol. The van der Waals surface area contributed by atoms with Crippen LogP contribution in [0.25, 0.3) is 0 Å². The lowest BCUT2D eigenvalue weighted by Crippen LogP contribution is -2.18. The molecule has 0 aliphatic heterocycles. The highest BCUT2D eigenvalue weighted by atomic mass is 16.3. The zero-order chi connectivity index (χ0) is 9.42. The summed E-state index contributed by atoms with van der Waals surface area (Å²) < 4.78 is 0. The topological polar surface area (TPSA) is 46.2 Å². The van der Waals surface area contributed by atoms with Gasteiger partial charge in [-0.25, -0.2) is 0 Å². The van der Waals surface area contributed by atoms with E-state index in [1.54, 1.807) is 6.07 Å². The van der Waals surface area contributed by atoms with E-state index in [0.717, 1.165) is 24.8 Å². The van der Waals surface area contributed by atoms with E-state index in [0.29, 0.717) is 5.75 Å². The summed E-state index contributed by atoms with van der Waals surface area (Å²) in [4.78, 5) is 0. The van der Waals surface area contributed by atoms with Crippen LogP contribution in [0.2, 0.25) is 0 Å². The fourth-order valence-electron chi connectivity index (χ4n) is 2.10. The molecule has 2 heteroatoms. The van der Waals surface area contributed by atoms with Crippen molar-refractivity contribution in [1.29, 1.82) is 0 Å². The molecule has 0 bridgehead atoms. The number of benzene rings is 1. The van der Waals surface area contributed by atoms with Gasteiger partial charge in [0.2, 0.25) is 0 Å². The Morgan fingerprint density at radius 2 is 2.23 bits per heavy atom. The van der Waals surface area contributed by atoms with Gasteiger partial charge in [-0.2, -0.15) is 0 Å². The summed E-state index contributed by atoms with van der Waals surface area (Å²) in [5, 5.41) is 9.52. The van der Waals surface area contributed by atoms with E-state index in [2.05, 4.69) is 0 Å². The van der Waals surface area contributed by atoms with Gasteiger partial charge < -0.3 is 10.8 Å². The maximum Gasteiger partial charge on any atom is 0.118 e. The van der Waals surface area contributed by atoms with E-state index in [4.69, 9.17) is 5.73 Å². The fourth-order valence-corrected chi connectivity index (χ4v) is 2.10. The van der Waals surface area contributed by atoms with Gasteiger partial charge in [-0.3, -0.25) is 0 Å². The van der Waals surface area contributed by atoms with Crippen molar-refractivity contribution in [3.63, 3.8) is 0 Å². The molecule has 0 saturated heterocycles. The van der Waals surface area contributed by atoms with Gasteiger partial charge in [-0.1, -0.05) is 6.07 Å². The Labute approximate surface area is 78.4 Å². The quantitative estimate of drug-likeness (QED) is 0.637. The third kappa shape index (κ3) is 1.31. The number of aromatic hydroxyl groups is 1. The van der Waals surface area contributed by atoms with Gasteiger partial charge in [0.25, 0.3) is 0 Å². The number of phenolic OH excluding ortho intramolecular Hbond substituents is 1. The van der Waals surface area contributed by atoms with Crippen LogP contribution >= 0.6 is 0 Å². The Balaban J connectivity index is 2.56. The zero-order valence-electron chi connectivity index (χ0n) is 7.88. The molecule has 0 aromatic heterocycles. The molecule has 0 amide bonds. The third-order valence-electron chi connectivity index (χ3n) is 2.95. The van der Waals surface area contributed by atoms with Gasteiger partial charge in [0, 0.05) is 6.04 Å². The molecule has 1 aliphatic carbocycles. The molecule has 0 saturated carbocycles. The van der Waals surface area contributed by atoms with E-state index in [-0.39, 0.29) is 6.04 Å². The Morgan fingerprint density at radius 3 is 3.00 bits per heavy atom. The summed E-state index contributed by atoms with van der Waals surface area (Å²) in [6.45, 7) is 1.96. The number of hydrogen-bond donors (Lipinski definition) is 2. The largest absolute Gasteiger partial charge is 0.508 e. The summed E-state index contributed by atoms with van der Waals surface area (Å²) in [6, 6.07) is 3.88. The molecule has 1 unspecified atom stereocenters. The van der Waals surface area contributed by atoms with Crippen LogP contribution in [-0.2, 0) is 6.42 Å². The standard InChI is InChI=1S/C11H15NO/c1-7-8-3-2-4-10(12)9(8)5-6-11(7)13/h5-6,10,13H,2-4,12H2,1H3. The minimum absolute atomic E-state index is 0.169. The maximum absolute atomic E-state index is 9.52. The zero-order valence-corrected chi connectivity index (χ0v) is 7.88. The molecule has 0 fully saturated rings. The lowest BCUT2D eigenvalue weighted by molar-refractivity contribution is 0.466. The van der Waals surface area contributed by atoms with Crippen LogP contribution in [0.4, 0.5) is 0 Å². The lowest BCUT2D eigenvalue weighted by atomic mass is 9.85. The van der Waals surface area contributed by atoms with Crippen LogP contribution in [0.3, 0.4) is 0 Å². The van der Waals surface area contributed by atoms with E-state index >= 15 is 0 Å². The number of phenols is 1. The van der Waals surface area contributed by atoms with Gasteiger partial charge in [0.1, 0.15) is 5.75 Å². The average molecular weight is 177 g/mol. The molecule has 70 valence electrons. The predicted octanol–water partition coefficient (Wildman–Crippen LogP) is 2.04. The van der Waals surface area contributed by atoms with Crippen LogP contribution in [0, 0.1) is 6.92 Å². The van der Waals surface area contributed by atoms with Gasteiger partial charge in [0.05, 0.1) is 0 Å².